The van der Waals surface area contributed by atoms with Gasteiger partial charge in [-0.3, -0.25) is 0 Å². The molecule has 2 aliphatic carbocycles. The van der Waals surface area contributed by atoms with Crippen molar-refractivity contribution in [1.29, 1.82) is 0 Å². The quantitative estimate of drug-likeness (QED) is 0.563. The number of hydrogen-bond acceptors (Lipinski definition) is 0. The molecule has 1 atom stereocenters. The van der Waals surface area contributed by atoms with Crippen LogP contribution in [0.2, 0.25) is 0 Å². The van der Waals surface area contributed by atoms with Crippen molar-refractivity contribution in [3.8, 4) is 0 Å². The summed E-state index contributed by atoms with van der Waals surface area (Å²) in [6.45, 7) is 2.31. The van der Waals surface area contributed by atoms with Gasteiger partial charge in [0.25, 0.3) is 0 Å². The summed E-state index contributed by atoms with van der Waals surface area (Å²) in [5.41, 5.74) is 3.46. The minimum absolute atomic E-state index is 0.820. The third-order valence-electron chi connectivity index (χ3n) is 3.09. The molecule has 12 heavy (non-hydrogen) atoms. The second kappa shape index (κ2) is 3.51. The van der Waals surface area contributed by atoms with Crippen LogP contribution in [0.1, 0.15) is 39.0 Å². The van der Waals surface area contributed by atoms with E-state index in [0.717, 1.165) is 5.92 Å². The molecule has 1 heteroatoms. The van der Waals surface area contributed by atoms with Crippen LogP contribution in [-0.4, -0.2) is 0 Å². The molecule has 0 amide bonds. The molecule has 2 aliphatic rings. The first-order chi connectivity index (χ1) is 5.83. The average Bonchev–Trinajstić information content (AvgIpc) is 2.40. The Labute approximate surface area is 86.5 Å². The van der Waals surface area contributed by atoms with E-state index < -0.39 is 0 Å². The molecule has 0 spiro atoms. The summed E-state index contributed by atoms with van der Waals surface area (Å²) in [6, 6.07) is 0. The van der Waals surface area contributed by atoms with Gasteiger partial charge in [-0.25, -0.2) is 0 Å². The van der Waals surface area contributed by atoms with Crippen LogP contribution < -0.4 is 0 Å². The first kappa shape index (κ1) is 8.78. The Morgan fingerprint density at radius 1 is 1.42 bits per heavy atom. The number of hydrogen-bond donors (Lipinski definition) is 0. The molecular weight excluding hydrogens is 180 g/mol. The van der Waals surface area contributed by atoms with Gasteiger partial charge in [-0.2, -0.15) is 0 Å². The van der Waals surface area contributed by atoms with E-state index in [1.165, 1.54) is 32.1 Å². The summed E-state index contributed by atoms with van der Waals surface area (Å²) >= 11 is 2.30. The normalized spacial score (nSPS) is 28.7. The molecule has 0 nitrogen and oxygen atoms in total. The van der Waals surface area contributed by atoms with Crippen LogP contribution in [0.15, 0.2) is 21.1 Å². The molecule has 0 aromatic heterocycles. The Kier molecular flexibility index (Phi) is 2.57. The average molecular weight is 195 g/mol. The van der Waals surface area contributed by atoms with Gasteiger partial charge in [-0.05, 0) is 0 Å². The van der Waals surface area contributed by atoms with Gasteiger partial charge in [-0.1, -0.05) is 0 Å². The van der Waals surface area contributed by atoms with E-state index in [9.17, 15) is 0 Å². The van der Waals surface area contributed by atoms with E-state index >= 15 is 0 Å². The minimum atomic E-state index is 0.820. The molecule has 0 aromatic rings. The number of rotatable bonds is 1. The fraction of sp³-hybridized carbons (Fsp3) is 0.636. The zero-order chi connectivity index (χ0) is 8.55. The summed E-state index contributed by atoms with van der Waals surface area (Å²) in [6.07, 6.45) is 9.32. The van der Waals surface area contributed by atoms with Crippen molar-refractivity contribution in [2.75, 3.05) is 0 Å². The second-order valence-electron chi connectivity index (χ2n) is 3.82. The van der Waals surface area contributed by atoms with Gasteiger partial charge in [0.15, 0.2) is 0 Å². The monoisotopic (exact) mass is 195 g/mol. The van der Waals surface area contributed by atoms with E-state index in [4.69, 9.17) is 0 Å². The molecule has 1 unspecified atom stereocenters. The van der Waals surface area contributed by atoms with E-state index in [1.54, 1.807) is 15.0 Å². The van der Waals surface area contributed by atoms with Crippen LogP contribution in [-0.2, 0) is 20.4 Å². The van der Waals surface area contributed by atoms with Crippen LogP contribution in [0, 0.1) is 5.92 Å². The van der Waals surface area contributed by atoms with Gasteiger partial charge >= 0.3 is 86.5 Å². The maximum absolute atomic E-state index is 2.45. The Hall–Kier alpha value is 0.194. The summed E-state index contributed by atoms with van der Waals surface area (Å²) in [7, 11) is 0. The fourth-order valence-corrected chi connectivity index (χ4v) is 3.32. The molecule has 0 aliphatic heterocycles. The molecule has 0 N–H and O–H groups in total. The van der Waals surface area contributed by atoms with Gasteiger partial charge in [0.05, 0.1) is 0 Å². The molecule has 0 heterocycles. The fourth-order valence-electron chi connectivity index (χ4n) is 2.46. The third kappa shape index (κ3) is 1.36. The van der Waals surface area contributed by atoms with E-state index in [0.29, 0.717) is 0 Å². The van der Waals surface area contributed by atoms with Gasteiger partial charge in [0.2, 0.25) is 0 Å². The summed E-state index contributed by atoms with van der Waals surface area (Å²) in [5, 5.41) is 0. The van der Waals surface area contributed by atoms with Crippen LogP contribution in [0.4, 0.5) is 0 Å². The van der Waals surface area contributed by atoms with Crippen molar-refractivity contribution >= 4 is 0 Å². The summed E-state index contributed by atoms with van der Waals surface area (Å²) in [4.78, 5) is 0. The molecular formula is C11H15Ti. The summed E-state index contributed by atoms with van der Waals surface area (Å²) in [5.74, 6) is 0.820. The zero-order valence-electron chi connectivity index (χ0n) is 7.69. The van der Waals surface area contributed by atoms with Crippen LogP contribution in [0.3, 0.4) is 0 Å². The van der Waals surface area contributed by atoms with Gasteiger partial charge in [-0.15, -0.1) is 0 Å². The second-order valence-corrected chi connectivity index (χ2v) is 4.72. The first-order valence-electron chi connectivity index (χ1n) is 4.98. The van der Waals surface area contributed by atoms with Crippen LogP contribution in [0.5, 0.6) is 0 Å². The van der Waals surface area contributed by atoms with E-state index in [1.807, 2.05) is 0 Å². The predicted octanol–water partition coefficient (Wildman–Crippen LogP) is 3.33. The standard InChI is InChI=1S/C11H15.Ti/c1-2-9-7-8-10-5-3-4-6-11(9)10;/h8-9H,2-6H2,1H3;. The Bertz CT molecular complexity index is 248. The molecule has 2 rings (SSSR count). The van der Waals surface area contributed by atoms with E-state index in [2.05, 4.69) is 33.4 Å². The van der Waals surface area contributed by atoms with Crippen molar-refractivity contribution < 1.29 is 20.4 Å². The molecule has 63 valence electrons. The molecule has 0 bridgehead atoms. The van der Waals surface area contributed by atoms with Crippen molar-refractivity contribution in [2.24, 2.45) is 5.92 Å². The van der Waals surface area contributed by atoms with Gasteiger partial charge < -0.3 is 0 Å². The van der Waals surface area contributed by atoms with Gasteiger partial charge in [0, 0.05) is 0 Å². The van der Waals surface area contributed by atoms with Crippen molar-refractivity contribution in [2.45, 2.75) is 39.0 Å². The van der Waals surface area contributed by atoms with Crippen molar-refractivity contribution in [3.63, 3.8) is 0 Å². The van der Waals surface area contributed by atoms with Crippen LogP contribution in [0.25, 0.3) is 0 Å². The first-order valence-corrected chi connectivity index (χ1v) is 5.76. The maximum atomic E-state index is 2.45. The molecule has 0 radical (unpaired) electrons. The molecule has 0 saturated carbocycles. The van der Waals surface area contributed by atoms with Crippen molar-refractivity contribution in [1.82, 2.24) is 0 Å². The Morgan fingerprint density at radius 3 is 2.92 bits per heavy atom. The Morgan fingerprint density at radius 2 is 2.17 bits per heavy atom. The zero-order valence-corrected chi connectivity index (χ0v) is 9.25. The van der Waals surface area contributed by atoms with E-state index in [-0.39, 0.29) is 0 Å². The third-order valence-corrected chi connectivity index (χ3v) is 3.86. The number of allylic oxidation sites excluding steroid dienone is 4. The molecule has 0 fully saturated rings. The Balaban J connectivity index is 2.26. The SMILES string of the molecule is CCC1[C]([Ti])=CC2=C1CCCC2. The molecule has 0 saturated heterocycles. The summed E-state index contributed by atoms with van der Waals surface area (Å²) < 4.78 is 1.62. The molecule has 0 aromatic carbocycles. The van der Waals surface area contributed by atoms with Gasteiger partial charge in [0.1, 0.15) is 0 Å². The van der Waals surface area contributed by atoms with Crippen molar-refractivity contribution in [3.05, 3.63) is 21.1 Å². The predicted molar refractivity (Wildman–Crippen MR) is 47.4 cm³/mol. The van der Waals surface area contributed by atoms with Crippen LogP contribution >= 0.6 is 0 Å². The topological polar surface area (TPSA) is 0 Å².